The van der Waals surface area contributed by atoms with Gasteiger partial charge in [-0.2, -0.15) is 4.37 Å². The summed E-state index contributed by atoms with van der Waals surface area (Å²) in [5, 5.41) is 0.717. The van der Waals surface area contributed by atoms with Gasteiger partial charge in [-0.25, -0.2) is 8.42 Å². The third kappa shape index (κ3) is 2.26. The SMILES string of the molecule is CCN(c1snc(N)c1S(=O)(=O)CC)C1CC1. The molecule has 0 aliphatic heterocycles. The number of sulfone groups is 1. The zero-order valence-electron chi connectivity index (χ0n) is 10.0. The molecule has 1 saturated carbocycles. The minimum atomic E-state index is -3.30. The van der Waals surface area contributed by atoms with Crippen molar-refractivity contribution in [1.82, 2.24) is 4.37 Å². The average Bonchev–Trinajstić information content (AvgIpc) is 3.04. The lowest BCUT2D eigenvalue weighted by Gasteiger charge is -2.21. The van der Waals surface area contributed by atoms with Gasteiger partial charge in [0.25, 0.3) is 0 Å². The number of nitrogens with two attached hydrogens (primary N) is 1. The molecule has 17 heavy (non-hydrogen) atoms. The Hall–Kier alpha value is -0.820. The van der Waals surface area contributed by atoms with E-state index in [9.17, 15) is 8.42 Å². The maximum absolute atomic E-state index is 12.0. The Morgan fingerprint density at radius 1 is 1.47 bits per heavy atom. The van der Waals surface area contributed by atoms with Gasteiger partial charge >= 0.3 is 0 Å². The molecule has 0 saturated heterocycles. The summed E-state index contributed by atoms with van der Waals surface area (Å²) in [5.74, 6) is 0.205. The zero-order chi connectivity index (χ0) is 12.6. The summed E-state index contributed by atoms with van der Waals surface area (Å²) in [4.78, 5) is 2.34. The van der Waals surface area contributed by atoms with Crippen LogP contribution in [0.3, 0.4) is 0 Å². The van der Waals surface area contributed by atoms with Crippen LogP contribution in [0.2, 0.25) is 0 Å². The topological polar surface area (TPSA) is 76.3 Å². The van der Waals surface area contributed by atoms with Crippen LogP contribution in [0.15, 0.2) is 4.90 Å². The van der Waals surface area contributed by atoms with Gasteiger partial charge in [0, 0.05) is 12.6 Å². The number of anilines is 2. The Labute approximate surface area is 106 Å². The van der Waals surface area contributed by atoms with E-state index in [1.54, 1.807) is 6.92 Å². The highest BCUT2D eigenvalue weighted by Crippen LogP contribution is 2.40. The van der Waals surface area contributed by atoms with Crippen LogP contribution in [0.4, 0.5) is 10.8 Å². The summed E-state index contributed by atoms with van der Waals surface area (Å²) >= 11 is 1.19. The number of nitrogens with zero attached hydrogens (tertiary/aromatic N) is 2. The van der Waals surface area contributed by atoms with Crippen LogP contribution in [0.25, 0.3) is 0 Å². The van der Waals surface area contributed by atoms with Crippen LogP contribution in [0.1, 0.15) is 26.7 Å². The van der Waals surface area contributed by atoms with Crippen molar-refractivity contribution in [2.45, 2.75) is 37.6 Å². The number of aromatic nitrogens is 1. The Kier molecular flexibility index (Phi) is 3.31. The largest absolute Gasteiger partial charge is 0.382 e. The fourth-order valence-corrected chi connectivity index (χ4v) is 4.29. The molecule has 0 radical (unpaired) electrons. The highest BCUT2D eigenvalue weighted by atomic mass is 32.2. The third-order valence-electron chi connectivity index (χ3n) is 2.94. The molecule has 1 aromatic rings. The van der Waals surface area contributed by atoms with Gasteiger partial charge in [0.1, 0.15) is 9.90 Å². The van der Waals surface area contributed by atoms with Crippen molar-refractivity contribution < 1.29 is 8.42 Å². The summed E-state index contributed by atoms with van der Waals surface area (Å²) in [5.41, 5.74) is 5.71. The Bertz CT molecular complexity index is 506. The van der Waals surface area contributed by atoms with Gasteiger partial charge in [-0.05, 0) is 31.3 Å². The fraction of sp³-hybridized carbons (Fsp3) is 0.700. The van der Waals surface area contributed by atoms with E-state index in [2.05, 4.69) is 9.27 Å². The molecule has 0 amide bonds. The van der Waals surface area contributed by atoms with Gasteiger partial charge < -0.3 is 10.6 Å². The minimum Gasteiger partial charge on any atom is -0.382 e. The van der Waals surface area contributed by atoms with Crippen molar-refractivity contribution in [3.63, 3.8) is 0 Å². The van der Waals surface area contributed by atoms with Gasteiger partial charge in [0.15, 0.2) is 15.7 Å². The summed E-state index contributed by atoms with van der Waals surface area (Å²) in [6, 6.07) is 0.464. The molecule has 1 aromatic heterocycles. The highest BCUT2D eigenvalue weighted by molar-refractivity contribution is 7.91. The molecular formula is C10H17N3O2S2. The third-order valence-corrected chi connectivity index (χ3v) is 5.75. The molecule has 0 aromatic carbocycles. The van der Waals surface area contributed by atoms with E-state index in [4.69, 9.17) is 5.73 Å². The molecule has 1 aliphatic rings. The van der Waals surface area contributed by atoms with Crippen LogP contribution in [0.5, 0.6) is 0 Å². The number of hydrogen-bond acceptors (Lipinski definition) is 6. The molecule has 96 valence electrons. The van der Waals surface area contributed by atoms with Gasteiger partial charge in [-0.3, -0.25) is 0 Å². The van der Waals surface area contributed by atoms with Gasteiger partial charge in [0.2, 0.25) is 0 Å². The summed E-state index contributed by atoms with van der Waals surface area (Å²) < 4.78 is 28.1. The Morgan fingerprint density at radius 2 is 2.12 bits per heavy atom. The molecule has 0 atom stereocenters. The maximum atomic E-state index is 12.0. The van der Waals surface area contributed by atoms with E-state index in [-0.39, 0.29) is 16.5 Å². The number of nitrogen functional groups attached to an aromatic ring is 1. The predicted molar refractivity (Wildman–Crippen MR) is 70.3 cm³/mol. The lowest BCUT2D eigenvalue weighted by atomic mass is 10.4. The molecule has 0 spiro atoms. The average molecular weight is 275 g/mol. The van der Waals surface area contributed by atoms with Gasteiger partial charge in [0.05, 0.1) is 5.75 Å². The molecule has 2 rings (SSSR count). The van der Waals surface area contributed by atoms with Crippen LogP contribution in [0, 0.1) is 0 Å². The first-order valence-corrected chi connectivity index (χ1v) is 8.18. The first-order chi connectivity index (χ1) is 8.01. The first-order valence-electron chi connectivity index (χ1n) is 5.75. The van der Waals surface area contributed by atoms with E-state index in [0.29, 0.717) is 11.0 Å². The number of hydrogen-bond donors (Lipinski definition) is 1. The monoisotopic (exact) mass is 275 g/mol. The minimum absolute atomic E-state index is 0.0604. The van der Waals surface area contributed by atoms with E-state index < -0.39 is 9.84 Å². The van der Waals surface area contributed by atoms with Gasteiger partial charge in [-0.1, -0.05) is 6.92 Å². The van der Waals surface area contributed by atoms with Crippen molar-refractivity contribution in [3.05, 3.63) is 0 Å². The molecule has 5 nitrogen and oxygen atoms in total. The highest BCUT2D eigenvalue weighted by Gasteiger charge is 2.34. The summed E-state index contributed by atoms with van der Waals surface area (Å²) in [6.45, 7) is 4.44. The zero-order valence-corrected chi connectivity index (χ0v) is 11.6. The predicted octanol–water partition coefficient (Wildman–Crippen LogP) is 1.51. The van der Waals surface area contributed by atoms with Crippen molar-refractivity contribution >= 4 is 32.2 Å². The quantitative estimate of drug-likeness (QED) is 0.881. The van der Waals surface area contributed by atoms with Crippen molar-refractivity contribution in [2.24, 2.45) is 0 Å². The summed E-state index contributed by atoms with van der Waals surface area (Å²) in [6.07, 6.45) is 2.24. The molecule has 7 heteroatoms. The van der Waals surface area contributed by atoms with Crippen molar-refractivity contribution in [1.29, 1.82) is 0 Å². The molecule has 0 unspecified atom stereocenters. The van der Waals surface area contributed by atoms with E-state index in [1.165, 1.54) is 11.5 Å². The normalized spacial score (nSPS) is 16.1. The molecular weight excluding hydrogens is 258 g/mol. The Morgan fingerprint density at radius 3 is 2.59 bits per heavy atom. The molecule has 0 bridgehead atoms. The molecule has 1 heterocycles. The maximum Gasteiger partial charge on any atom is 0.184 e. The van der Waals surface area contributed by atoms with E-state index in [1.807, 2.05) is 6.92 Å². The van der Waals surface area contributed by atoms with Crippen LogP contribution in [-0.2, 0) is 9.84 Å². The van der Waals surface area contributed by atoms with Gasteiger partial charge in [-0.15, -0.1) is 0 Å². The lowest BCUT2D eigenvalue weighted by molar-refractivity contribution is 0.597. The second-order valence-corrected chi connectivity index (χ2v) is 7.09. The second kappa shape index (κ2) is 4.45. The van der Waals surface area contributed by atoms with E-state index >= 15 is 0 Å². The fourth-order valence-electron chi connectivity index (χ4n) is 1.86. The van der Waals surface area contributed by atoms with Crippen molar-refractivity contribution in [3.8, 4) is 0 Å². The second-order valence-electron chi connectivity index (χ2n) is 4.12. The number of rotatable bonds is 5. The first kappa shape index (κ1) is 12.6. The molecule has 1 fully saturated rings. The summed E-state index contributed by atoms with van der Waals surface area (Å²) in [7, 11) is -3.30. The smallest absolute Gasteiger partial charge is 0.184 e. The van der Waals surface area contributed by atoms with Crippen LogP contribution < -0.4 is 10.6 Å². The molecule has 1 aliphatic carbocycles. The van der Waals surface area contributed by atoms with Crippen LogP contribution >= 0.6 is 11.5 Å². The van der Waals surface area contributed by atoms with Crippen LogP contribution in [-0.4, -0.2) is 31.1 Å². The van der Waals surface area contributed by atoms with E-state index in [0.717, 1.165) is 19.4 Å². The standard InChI is InChI=1S/C10H17N3O2S2/c1-3-13(7-5-6-7)10-8(9(11)12-16-10)17(14,15)4-2/h7H,3-6H2,1-2H3,(H2,11,12). The Balaban J connectivity index is 2.48. The molecule has 2 N–H and O–H groups in total. The van der Waals surface area contributed by atoms with Crippen molar-refractivity contribution in [2.75, 3.05) is 22.9 Å². The lowest BCUT2D eigenvalue weighted by Crippen LogP contribution is -2.26.